The van der Waals surface area contributed by atoms with Crippen LogP contribution in [0.4, 0.5) is 23.1 Å². The SMILES string of the molecule is COc1ccccc1N1CCN(c2nc(Nc3ccc(C)c(Cl)c3)c3nccnc3n2)CC1. The number of aryl methyl sites for hydroxylation is 1. The fourth-order valence-corrected chi connectivity index (χ4v) is 4.11. The van der Waals surface area contributed by atoms with E-state index in [9.17, 15) is 0 Å². The van der Waals surface area contributed by atoms with Gasteiger partial charge in [-0.1, -0.05) is 29.8 Å². The number of halogens is 1. The van der Waals surface area contributed by atoms with Crippen molar-refractivity contribution >= 4 is 45.9 Å². The molecule has 0 saturated carbocycles. The van der Waals surface area contributed by atoms with Gasteiger partial charge >= 0.3 is 0 Å². The summed E-state index contributed by atoms with van der Waals surface area (Å²) in [5.74, 6) is 2.12. The van der Waals surface area contributed by atoms with Crippen LogP contribution in [0.3, 0.4) is 0 Å². The summed E-state index contributed by atoms with van der Waals surface area (Å²) in [5.41, 5.74) is 4.12. The summed E-state index contributed by atoms with van der Waals surface area (Å²) < 4.78 is 5.53. The second kappa shape index (κ2) is 9.07. The molecule has 0 radical (unpaired) electrons. The quantitative estimate of drug-likeness (QED) is 0.466. The van der Waals surface area contributed by atoms with Gasteiger partial charge in [0.25, 0.3) is 0 Å². The fraction of sp³-hybridized carbons (Fsp3) is 0.250. The summed E-state index contributed by atoms with van der Waals surface area (Å²) in [6, 6.07) is 13.9. The zero-order valence-electron chi connectivity index (χ0n) is 18.5. The highest BCUT2D eigenvalue weighted by Crippen LogP contribution is 2.30. The van der Waals surface area contributed by atoms with Crippen molar-refractivity contribution < 1.29 is 4.74 Å². The molecule has 2 aromatic carbocycles. The Morgan fingerprint density at radius 3 is 2.48 bits per heavy atom. The third kappa shape index (κ3) is 4.34. The first-order valence-electron chi connectivity index (χ1n) is 10.8. The molecule has 0 spiro atoms. The second-order valence-corrected chi connectivity index (χ2v) is 8.24. The van der Waals surface area contributed by atoms with Crippen LogP contribution in [-0.2, 0) is 0 Å². The summed E-state index contributed by atoms with van der Waals surface area (Å²) in [4.78, 5) is 22.9. The maximum absolute atomic E-state index is 6.31. The molecule has 1 saturated heterocycles. The van der Waals surface area contributed by atoms with Crippen LogP contribution in [0.15, 0.2) is 54.9 Å². The Morgan fingerprint density at radius 1 is 0.939 bits per heavy atom. The predicted octanol–water partition coefficient (Wildman–Crippen LogP) is 4.46. The van der Waals surface area contributed by atoms with Crippen LogP contribution in [0.1, 0.15) is 5.56 Å². The maximum atomic E-state index is 6.31. The van der Waals surface area contributed by atoms with Crippen LogP contribution in [0.2, 0.25) is 5.02 Å². The lowest BCUT2D eigenvalue weighted by molar-refractivity contribution is 0.413. The van der Waals surface area contributed by atoms with E-state index in [4.69, 9.17) is 26.3 Å². The first-order chi connectivity index (χ1) is 16.1. The molecule has 1 aliphatic rings. The van der Waals surface area contributed by atoms with Gasteiger partial charge in [0, 0.05) is 49.3 Å². The smallest absolute Gasteiger partial charge is 0.229 e. The molecule has 8 nitrogen and oxygen atoms in total. The van der Waals surface area contributed by atoms with E-state index in [1.807, 2.05) is 43.3 Å². The molecule has 0 bridgehead atoms. The second-order valence-electron chi connectivity index (χ2n) is 7.84. The molecule has 1 fully saturated rings. The monoisotopic (exact) mass is 461 g/mol. The van der Waals surface area contributed by atoms with Crippen molar-refractivity contribution in [2.45, 2.75) is 6.92 Å². The van der Waals surface area contributed by atoms with Gasteiger partial charge < -0.3 is 19.9 Å². The number of hydrogen-bond donors (Lipinski definition) is 1. The van der Waals surface area contributed by atoms with Crippen molar-refractivity contribution in [2.75, 3.05) is 48.4 Å². The molecule has 0 atom stereocenters. The minimum Gasteiger partial charge on any atom is -0.495 e. The molecular weight excluding hydrogens is 438 g/mol. The normalized spacial score (nSPS) is 13.9. The van der Waals surface area contributed by atoms with Gasteiger partial charge in [0.15, 0.2) is 17.0 Å². The highest BCUT2D eigenvalue weighted by atomic mass is 35.5. The summed E-state index contributed by atoms with van der Waals surface area (Å²) in [6.45, 7) is 5.19. The van der Waals surface area contributed by atoms with Crippen molar-refractivity contribution in [3.63, 3.8) is 0 Å². The summed E-state index contributed by atoms with van der Waals surface area (Å²) in [5, 5.41) is 4.04. The third-order valence-electron chi connectivity index (χ3n) is 5.74. The van der Waals surface area contributed by atoms with E-state index < -0.39 is 0 Å². The fourth-order valence-electron chi connectivity index (χ4n) is 3.93. The van der Waals surface area contributed by atoms with Crippen molar-refractivity contribution in [3.05, 3.63) is 65.4 Å². The highest BCUT2D eigenvalue weighted by molar-refractivity contribution is 6.31. The van der Waals surface area contributed by atoms with Gasteiger partial charge in [-0.3, -0.25) is 0 Å². The number of nitrogens with one attached hydrogen (secondary N) is 1. The molecule has 1 N–H and O–H groups in total. The van der Waals surface area contributed by atoms with Crippen molar-refractivity contribution in [1.82, 2.24) is 19.9 Å². The Bertz CT molecular complexity index is 1290. The van der Waals surface area contributed by atoms with E-state index >= 15 is 0 Å². The average Bonchev–Trinajstić information content (AvgIpc) is 2.86. The minimum absolute atomic E-state index is 0.551. The molecule has 2 aromatic heterocycles. The van der Waals surface area contributed by atoms with Crippen LogP contribution < -0.4 is 19.9 Å². The van der Waals surface area contributed by atoms with Gasteiger partial charge in [0.2, 0.25) is 5.95 Å². The first kappa shape index (κ1) is 21.2. The maximum Gasteiger partial charge on any atom is 0.229 e. The van der Waals surface area contributed by atoms with Gasteiger partial charge in [-0.15, -0.1) is 0 Å². The van der Waals surface area contributed by atoms with Crippen LogP contribution in [-0.4, -0.2) is 53.2 Å². The molecule has 9 heteroatoms. The van der Waals surface area contributed by atoms with Gasteiger partial charge in [-0.05, 0) is 36.8 Å². The number of methoxy groups -OCH3 is 1. The number of para-hydroxylation sites is 2. The van der Waals surface area contributed by atoms with Crippen LogP contribution >= 0.6 is 11.6 Å². The number of aromatic nitrogens is 4. The number of rotatable bonds is 5. The highest BCUT2D eigenvalue weighted by Gasteiger charge is 2.23. The molecule has 0 amide bonds. The molecule has 3 heterocycles. The Labute approximate surface area is 197 Å². The Morgan fingerprint density at radius 2 is 1.70 bits per heavy atom. The molecule has 1 aliphatic heterocycles. The summed E-state index contributed by atoms with van der Waals surface area (Å²) in [7, 11) is 1.70. The van der Waals surface area contributed by atoms with Crippen molar-refractivity contribution in [1.29, 1.82) is 0 Å². The lowest BCUT2D eigenvalue weighted by Crippen LogP contribution is -2.47. The molecule has 4 aromatic rings. The van der Waals surface area contributed by atoms with Crippen LogP contribution in [0.5, 0.6) is 5.75 Å². The zero-order chi connectivity index (χ0) is 22.8. The predicted molar refractivity (Wildman–Crippen MR) is 132 cm³/mol. The zero-order valence-corrected chi connectivity index (χ0v) is 19.3. The Kier molecular flexibility index (Phi) is 5.83. The van der Waals surface area contributed by atoms with Gasteiger partial charge in [0.05, 0.1) is 12.8 Å². The number of benzene rings is 2. The number of nitrogens with zero attached hydrogens (tertiary/aromatic N) is 6. The van der Waals surface area contributed by atoms with E-state index in [0.717, 1.165) is 48.9 Å². The van der Waals surface area contributed by atoms with E-state index in [0.29, 0.717) is 28.0 Å². The van der Waals surface area contributed by atoms with Gasteiger partial charge in [-0.25, -0.2) is 9.97 Å². The number of ether oxygens (including phenoxy) is 1. The largest absolute Gasteiger partial charge is 0.495 e. The van der Waals surface area contributed by atoms with Crippen molar-refractivity contribution in [2.24, 2.45) is 0 Å². The number of anilines is 4. The molecule has 5 rings (SSSR count). The lowest BCUT2D eigenvalue weighted by Gasteiger charge is -2.36. The Balaban J connectivity index is 1.41. The minimum atomic E-state index is 0.551. The first-order valence-corrected chi connectivity index (χ1v) is 11.1. The molecule has 168 valence electrons. The number of hydrogen-bond acceptors (Lipinski definition) is 8. The molecular formula is C24H24ClN7O. The van der Waals surface area contributed by atoms with Crippen LogP contribution in [0.25, 0.3) is 11.2 Å². The van der Waals surface area contributed by atoms with Crippen LogP contribution in [0, 0.1) is 6.92 Å². The third-order valence-corrected chi connectivity index (χ3v) is 6.15. The summed E-state index contributed by atoms with van der Waals surface area (Å²) >= 11 is 6.31. The average molecular weight is 462 g/mol. The van der Waals surface area contributed by atoms with Gasteiger partial charge in [-0.2, -0.15) is 9.97 Å². The Hall–Kier alpha value is -3.65. The van der Waals surface area contributed by atoms with E-state index in [2.05, 4.69) is 31.2 Å². The number of fused-ring (bicyclic) bond motifs is 1. The topological polar surface area (TPSA) is 79.3 Å². The van der Waals surface area contributed by atoms with E-state index in [1.54, 1.807) is 19.5 Å². The standard InChI is InChI=1S/C24H24ClN7O/c1-16-7-8-17(15-18(16)25)28-23-21-22(27-10-9-26-21)29-24(30-23)32-13-11-31(12-14-32)19-5-3-4-6-20(19)33-2/h3-10,15H,11-14H2,1-2H3,(H,27,28,29,30). The lowest BCUT2D eigenvalue weighted by atomic mass is 10.2. The van der Waals surface area contributed by atoms with Gasteiger partial charge in [0.1, 0.15) is 5.75 Å². The molecule has 0 unspecified atom stereocenters. The van der Waals surface area contributed by atoms with E-state index in [-0.39, 0.29) is 0 Å². The number of piperazine rings is 1. The van der Waals surface area contributed by atoms with E-state index in [1.165, 1.54) is 0 Å². The molecule has 0 aliphatic carbocycles. The molecule has 33 heavy (non-hydrogen) atoms. The summed E-state index contributed by atoms with van der Waals surface area (Å²) in [6.07, 6.45) is 3.29. The van der Waals surface area contributed by atoms with Crippen molar-refractivity contribution in [3.8, 4) is 5.75 Å².